The third-order valence-corrected chi connectivity index (χ3v) is 8.90. The van der Waals surface area contributed by atoms with Crippen LogP contribution in [-0.2, 0) is 7.05 Å². The Labute approximate surface area is 225 Å². The second-order valence-corrected chi connectivity index (χ2v) is 11.5. The van der Waals surface area contributed by atoms with Crippen LogP contribution in [-0.4, -0.2) is 45.4 Å². The lowest BCUT2D eigenvalue weighted by Crippen LogP contribution is -2.49. The van der Waals surface area contributed by atoms with E-state index in [9.17, 15) is 9.59 Å². The number of fused-ring (bicyclic) bond motifs is 1. The van der Waals surface area contributed by atoms with E-state index in [0.29, 0.717) is 35.3 Å². The summed E-state index contributed by atoms with van der Waals surface area (Å²) in [7, 11) is 1.99. The van der Waals surface area contributed by atoms with E-state index < -0.39 is 0 Å². The number of aryl methyl sites for hydroxylation is 1. The number of nitrogens with zero attached hydrogens (tertiary/aromatic N) is 3. The van der Waals surface area contributed by atoms with Gasteiger partial charge in [0.25, 0.3) is 11.8 Å². The van der Waals surface area contributed by atoms with Crippen molar-refractivity contribution in [1.82, 2.24) is 19.8 Å². The number of halogens is 1. The highest BCUT2D eigenvalue weighted by Gasteiger charge is 2.34. The number of aromatic nitrogens is 2. The van der Waals surface area contributed by atoms with Gasteiger partial charge in [-0.05, 0) is 74.1 Å². The summed E-state index contributed by atoms with van der Waals surface area (Å²) in [5.41, 5.74) is 3.16. The standard InChI is InChI=1S/C29H29ClN4O2S/c1-33-14-12-19-15-21(10-11-24(19)33)27(35)31-17-23-7-2-3-13-34(23)29(36)25-26(20-5-4-6-22(30)16-20)37-28(32-25)18-8-9-18/h4-6,10-12,14-16,18,23H,2-3,7-9,13,17H2,1H3,(H,31,35)/t23-/m0/s1. The lowest BCUT2D eigenvalue weighted by atomic mass is 10.0. The van der Waals surface area contributed by atoms with Crippen molar-refractivity contribution < 1.29 is 9.59 Å². The fraction of sp³-hybridized carbons (Fsp3) is 0.345. The summed E-state index contributed by atoms with van der Waals surface area (Å²) in [5, 5.41) is 5.81. The molecule has 0 bridgehead atoms. The fourth-order valence-corrected chi connectivity index (χ4v) is 6.58. The van der Waals surface area contributed by atoms with Crippen LogP contribution in [0, 0.1) is 0 Å². The third kappa shape index (κ3) is 4.90. The van der Waals surface area contributed by atoms with Crippen LogP contribution in [0.25, 0.3) is 21.3 Å². The molecule has 0 unspecified atom stereocenters. The molecule has 3 heterocycles. The number of piperidine rings is 1. The summed E-state index contributed by atoms with van der Waals surface area (Å²) in [6, 6.07) is 15.3. The van der Waals surface area contributed by atoms with E-state index in [2.05, 4.69) is 5.32 Å². The maximum atomic E-state index is 13.9. The molecule has 6 nitrogen and oxygen atoms in total. The largest absolute Gasteiger partial charge is 0.351 e. The monoisotopic (exact) mass is 532 g/mol. The van der Waals surface area contributed by atoms with Crippen molar-refractivity contribution in [2.75, 3.05) is 13.1 Å². The quantitative estimate of drug-likeness (QED) is 0.319. The Bertz CT molecular complexity index is 1490. The molecule has 1 atom stereocenters. The molecule has 1 saturated heterocycles. The number of thiazole rings is 1. The van der Waals surface area contributed by atoms with Crippen LogP contribution < -0.4 is 5.32 Å². The Balaban J connectivity index is 1.22. The number of rotatable bonds is 6. The molecule has 4 aromatic rings. The maximum absolute atomic E-state index is 13.9. The molecule has 37 heavy (non-hydrogen) atoms. The van der Waals surface area contributed by atoms with Crippen molar-refractivity contribution in [3.63, 3.8) is 0 Å². The molecule has 1 aliphatic heterocycles. The van der Waals surface area contributed by atoms with Gasteiger partial charge in [-0.3, -0.25) is 9.59 Å². The highest BCUT2D eigenvalue weighted by molar-refractivity contribution is 7.15. The molecule has 2 aromatic carbocycles. The van der Waals surface area contributed by atoms with E-state index in [1.807, 2.05) is 71.2 Å². The Morgan fingerprint density at radius 1 is 1.11 bits per heavy atom. The highest BCUT2D eigenvalue weighted by Crippen LogP contribution is 2.45. The van der Waals surface area contributed by atoms with Gasteiger partial charge in [-0.2, -0.15) is 0 Å². The number of nitrogens with one attached hydrogen (secondary N) is 1. The van der Waals surface area contributed by atoms with Crippen molar-refractivity contribution in [3.05, 3.63) is 76.0 Å². The van der Waals surface area contributed by atoms with Gasteiger partial charge in [-0.1, -0.05) is 23.7 Å². The van der Waals surface area contributed by atoms with Crippen molar-refractivity contribution >= 4 is 45.7 Å². The molecular weight excluding hydrogens is 504 g/mol. The van der Waals surface area contributed by atoms with E-state index in [4.69, 9.17) is 16.6 Å². The lowest BCUT2D eigenvalue weighted by Gasteiger charge is -2.35. The topological polar surface area (TPSA) is 67.2 Å². The van der Waals surface area contributed by atoms with Gasteiger partial charge in [0.2, 0.25) is 0 Å². The maximum Gasteiger partial charge on any atom is 0.274 e. The van der Waals surface area contributed by atoms with Gasteiger partial charge in [-0.15, -0.1) is 11.3 Å². The second-order valence-electron chi connectivity index (χ2n) is 10.1. The summed E-state index contributed by atoms with van der Waals surface area (Å²) in [6.45, 7) is 1.09. The molecule has 1 aliphatic carbocycles. The number of likely N-dealkylation sites (tertiary alicyclic amines) is 1. The molecular formula is C29H29ClN4O2S. The average molecular weight is 533 g/mol. The smallest absolute Gasteiger partial charge is 0.274 e. The molecule has 1 N–H and O–H groups in total. The molecule has 1 saturated carbocycles. The minimum absolute atomic E-state index is 0.0530. The Morgan fingerprint density at radius 3 is 2.78 bits per heavy atom. The Morgan fingerprint density at radius 2 is 1.97 bits per heavy atom. The van der Waals surface area contributed by atoms with Gasteiger partial charge in [0, 0.05) is 59.8 Å². The summed E-state index contributed by atoms with van der Waals surface area (Å²) in [6.07, 6.45) is 7.09. The van der Waals surface area contributed by atoms with Gasteiger partial charge < -0.3 is 14.8 Å². The average Bonchev–Trinajstić information content (AvgIpc) is 3.57. The SMILES string of the molecule is Cn1ccc2cc(C(=O)NC[C@@H]3CCCCN3C(=O)c3nc(C4CC4)sc3-c3cccc(Cl)c3)ccc21. The first kappa shape index (κ1) is 24.2. The van der Waals surface area contributed by atoms with E-state index in [0.717, 1.165) is 58.5 Å². The first-order valence-electron chi connectivity index (χ1n) is 12.9. The van der Waals surface area contributed by atoms with Crippen LogP contribution in [0.2, 0.25) is 5.02 Å². The summed E-state index contributed by atoms with van der Waals surface area (Å²) in [5.74, 6) is 0.290. The van der Waals surface area contributed by atoms with E-state index in [-0.39, 0.29) is 17.9 Å². The molecule has 2 aliphatic rings. The zero-order valence-corrected chi connectivity index (χ0v) is 22.3. The minimum Gasteiger partial charge on any atom is -0.351 e. The molecule has 190 valence electrons. The summed E-state index contributed by atoms with van der Waals surface area (Å²) < 4.78 is 2.04. The van der Waals surface area contributed by atoms with Crippen molar-refractivity contribution in [2.24, 2.45) is 7.05 Å². The van der Waals surface area contributed by atoms with Gasteiger partial charge in [0.1, 0.15) is 5.69 Å². The van der Waals surface area contributed by atoms with Gasteiger partial charge in [-0.25, -0.2) is 4.98 Å². The second kappa shape index (κ2) is 9.95. The molecule has 6 rings (SSSR count). The van der Waals surface area contributed by atoms with Gasteiger partial charge in [0.05, 0.1) is 9.88 Å². The minimum atomic E-state index is -0.118. The van der Waals surface area contributed by atoms with Crippen molar-refractivity contribution in [3.8, 4) is 10.4 Å². The summed E-state index contributed by atoms with van der Waals surface area (Å²) >= 11 is 7.90. The number of carbonyl (C=O) groups excluding carboxylic acids is 2. The number of amides is 2. The number of hydrogen-bond acceptors (Lipinski definition) is 4. The van der Waals surface area contributed by atoms with E-state index >= 15 is 0 Å². The highest BCUT2D eigenvalue weighted by atomic mass is 35.5. The Hall–Kier alpha value is -3.16. The van der Waals surface area contributed by atoms with Gasteiger partial charge >= 0.3 is 0 Å². The molecule has 0 radical (unpaired) electrons. The number of carbonyl (C=O) groups is 2. The third-order valence-electron chi connectivity index (χ3n) is 7.39. The van der Waals surface area contributed by atoms with E-state index in [1.165, 1.54) is 0 Å². The zero-order valence-electron chi connectivity index (χ0n) is 20.7. The molecule has 0 spiro atoms. The van der Waals surface area contributed by atoms with Crippen molar-refractivity contribution in [2.45, 2.75) is 44.1 Å². The predicted molar refractivity (Wildman–Crippen MR) is 148 cm³/mol. The van der Waals surface area contributed by atoms with Crippen LogP contribution in [0.4, 0.5) is 0 Å². The van der Waals surface area contributed by atoms with Crippen LogP contribution >= 0.6 is 22.9 Å². The molecule has 2 aromatic heterocycles. The molecule has 8 heteroatoms. The predicted octanol–water partition coefficient (Wildman–Crippen LogP) is 6.26. The zero-order chi connectivity index (χ0) is 25.5. The van der Waals surface area contributed by atoms with E-state index in [1.54, 1.807) is 11.3 Å². The summed E-state index contributed by atoms with van der Waals surface area (Å²) in [4.78, 5) is 34.6. The van der Waals surface area contributed by atoms with Crippen LogP contribution in [0.5, 0.6) is 0 Å². The van der Waals surface area contributed by atoms with Crippen LogP contribution in [0.3, 0.4) is 0 Å². The normalized spacial score (nSPS) is 17.8. The number of benzene rings is 2. The first-order chi connectivity index (χ1) is 18.0. The van der Waals surface area contributed by atoms with Crippen LogP contribution in [0.1, 0.15) is 63.9 Å². The first-order valence-corrected chi connectivity index (χ1v) is 14.1. The van der Waals surface area contributed by atoms with Crippen molar-refractivity contribution in [1.29, 1.82) is 0 Å². The lowest BCUT2D eigenvalue weighted by molar-refractivity contribution is 0.0598. The fourth-order valence-electron chi connectivity index (χ4n) is 5.16. The molecule has 2 amide bonds. The number of hydrogen-bond donors (Lipinski definition) is 1. The van der Waals surface area contributed by atoms with Crippen LogP contribution in [0.15, 0.2) is 54.7 Å². The molecule has 2 fully saturated rings. The van der Waals surface area contributed by atoms with Gasteiger partial charge in [0.15, 0.2) is 0 Å². The Kier molecular flexibility index (Phi) is 6.51.